The zero-order valence-corrected chi connectivity index (χ0v) is 14.8. The molecular formula is C17H14F3N5OS. The Hall–Kier alpha value is -3.01. The summed E-state index contributed by atoms with van der Waals surface area (Å²) in [4.78, 5) is 12.2. The van der Waals surface area contributed by atoms with Crippen LogP contribution in [0.15, 0.2) is 47.6 Å². The summed E-state index contributed by atoms with van der Waals surface area (Å²) in [6, 6.07) is 9.17. The highest BCUT2D eigenvalue weighted by molar-refractivity contribution is 8.00. The molecule has 3 rings (SSSR count). The number of hydrogen-bond donors (Lipinski definition) is 2. The molecule has 1 heterocycles. The molecule has 3 N–H and O–H groups in total. The van der Waals surface area contributed by atoms with Crippen LogP contribution in [-0.2, 0) is 4.79 Å². The number of carbonyl (C=O) groups excluding carboxylic acids is 1. The largest absolute Gasteiger partial charge is 0.335 e. The lowest BCUT2D eigenvalue weighted by molar-refractivity contribution is -0.115. The summed E-state index contributed by atoms with van der Waals surface area (Å²) < 4.78 is 42.2. The highest BCUT2D eigenvalue weighted by Gasteiger charge is 2.22. The van der Waals surface area contributed by atoms with Crippen molar-refractivity contribution in [2.45, 2.75) is 17.3 Å². The van der Waals surface area contributed by atoms with Crippen molar-refractivity contribution < 1.29 is 18.0 Å². The van der Waals surface area contributed by atoms with Crippen molar-refractivity contribution in [2.24, 2.45) is 0 Å². The molecule has 0 fully saturated rings. The predicted octanol–water partition coefficient (Wildman–Crippen LogP) is 3.20. The van der Waals surface area contributed by atoms with Gasteiger partial charge in [0.1, 0.15) is 23.1 Å². The zero-order chi connectivity index (χ0) is 19.6. The second kappa shape index (κ2) is 7.70. The Balaban J connectivity index is 1.76. The quantitative estimate of drug-likeness (QED) is 0.514. The number of anilines is 1. The molecule has 0 saturated carbocycles. The van der Waals surface area contributed by atoms with Crippen molar-refractivity contribution in [3.63, 3.8) is 0 Å². The van der Waals surface area contributed by atoms with Crippen LogP contribution in [0.1, 0.15) is 6.92 Å². The van der Waals surface area contributed by atoms with Crippen LogP contribution in [-0.4, -0.2) is 26.0 Å². The van der Waals surface area contributed by atoms with Crippen LogP contribution < -0.4 is 11.2 Å². The molecule has 140 valence electrons. The number of para-hydroxylation sites is 1. The lowest BCUT2D eigenvalue weighted by atomic mass is 10.2. The molecule has 1 aromatic heterocycles. The highest BCUT2D eigenvalue weighted by atomic mass is 32.2. The average molecular weight is 393 g/mol. The molecule has 10 heteroatoms. The minimum absolute atomic E-state index is 0.0864. The maximum atomic E-state index is 13.9. The minimum atomic E-state index is -0.885. The highest BCUT2D eigenvalue weighted by Crippen LogP contribution is 2.27. The molecule has 0 aliphatic carbocycles. The number of rotatable bonds is 5. The Labute approximate surface area is 156 Å². The van der Waals surface area contributed by atoms with Crippen LogP contribution >= 0.6 is 11.8 Å². The number of nitrogen functional groups attached to an aromatic ring is 1. The number of carbonyl (C=O) groups is 1. The first kappa shape index (κ1) is 18.8. The van der Waals surface area contributed by atoms with Gasteiger partial charge in [-0.3, -0.25) is 4.79 Å². The van der Waals surface area contributed by atoms with E-state index in [4.69, 9.17) is 5.84 Å². The first-order chi connectivity index (χ1) is 12.9. The van der Waals surface area contributed by atoms with E-state index in [0.717, 1.165) is 28.6 Å². The summed E-state index contributed by atoms with van der Waals surface area (Å²) in [5.74, 6) is 3.05. The molecule has 0 radical (unpaired) electrons. The van der Waals surface area contributed by atoms with Gasteiger partial charge >= 0.3 is 0 Å². The molecule has 3 aromatic rings. The molecule has 0 bridgehead atoms. The maximum Gasteiger partial charge on any atom is 0.237 e. The van der Waals surface area contributed by atoms with Gasteiger partial charge in [0.05, 0.1) is 10.8 Å². The molecule has 1 unspecified atom stereocenters. The van der Waals surface area contributed by atoms with Crippen molar-refractivity contribution in [3.05, 3.63) is 59.9 Å². The van der Waals surface area contributed by atoms with E-state index >= 15 is 0 Å². The van der Waals surface area contributed by atoms with Crippen molar-refractivity contribution >= 4 is 23.4 Å². The fourth-order valence-electron chi connectivity index (χ4n) is 2.24. The fraction of sp³-hybridized carbons (Fsp3) is 0.118. The number of aromatic nitrogens is 3. The van der Waals surface area contributed by atoms with Crippen molar-refractivity contribution in [1.82, 2.24) is 14.9 Å². The predicted molar refractivity (Wildman–Crippen MR) is 95.9 cm³/mol. The Morgan fingerprint density at radius 1 is 1.07 bits per heavy atom. The van der Waals surface area contributed by atoms with Gasteiger partial charge in [-0.05, 0) is 31.2 Å². The van der Waals surface area contributed by atoms with Gasteiger partial charge in [0.2, 0.25) is 11.1 Å². The van der Waals surface area contributed by atoms with E-state index < -0.39 is 34.3 Å². The Morgan fingerprint density at radius 2 is 1.70 bits per heavy atom. The summed E-state index contributed by atoms with van der Waals surface area (Å²) in [6.45, 7) is 1.51. The number of nitrogens with one attached hydrogen (secondary N) is 1. The molecular weight excluding hydrogens is 379 g/mol. The smallest absolute Gasteiger partial charge is 0.237 e. The van der Waals surface area contributed by atoms with Crippen LogP contribution in [0.25, 0.3) is 11.4 Å². The van der Waals surface area contributed by atoms with E-state index in [0.29, 0.717) is 0 Å². The number of nitrogens with zero attached hydrogens (tertiary/aromatic N) is 3. The summed E-state index contributed by atoms with van der Waals surface area (Å²) in [6.07, 6.45) is 0. The molecule has 0 spiro atoms. The van der Waals surface area contributed by atoms with Crippen molar-refractivity contribution in [2.75, 3.05) is 11.2 Å². The number of amides is 1. The van der Waals surface area contributed by atoms with E-state index in [1.54, 1.807) is 6.07 Å². The standard InChI is InChI=1S/C17H14F3N5OS/c1-9(16(26)22-14-12(19)7-4-8-13(14)20)27-17-24-23-15(25(17)21)10-5-2-3-6-11(10)18/h2-9H,21H2,1H3,(H,22,26). The first-order valence-corrected chi connectivity index (χ1v) is 8.63. The summed E-state index contributed by atoms with van der Waals surface area (Å²) in [5.41, 5.74) is -0.374. The molecule has 0 aliphatic rings. The van der Waals surface area contributed by atoms with Gasteiger partial charge in [-0.2, -0.15) is 0 Å². The van der Waals surface area contributed by atoms with Crippen LogP contribution in [0.4, 0.5) is 18.9 Å². The van der Waals surface area contributed by atoms with Crippen molar-refractivity contribution in [3.8, 4) is 11.4 Å². The lowest BCUT2D eigenvalue weighted by Gasteiger charge is -2.12. The minimum Gasteiger partial charge on any atom is -0.335 e. The molecule has 0 saturated heterocycles. The van der Waals surface area contributed by atoms with E-state index in [9.17, 15) is 18.0 Å². The third-order valence-electron chi connectivity index (χ3n) is 3.64. The zero-order valence-electron chi connectivity index (χ0n) is 14.0. The summed E-state index contributed by atoms with van der Waals surface area (Å²) >= 11 is 0.916. The number of benzene rings is 2. The van der Waals surface area contributed by atoms with Gasteiger partial charge in [-0.1, -0.05) is 30.0 Å². The van der Waals surface area contributed by atoms with Gasteiger partial charge < -0.3 is 11.2 Å². The molecule has 1 amide bonds. The SMILES string of the molecule is CC(Sc1nnc(-c2ccccc2F)n1N)C(=O)Nc1c(F)cccc1F. The van der Waals surface area contributed by atoms with Gasteiger partial charge in [0.25, 0.3) is 0 Å². The Bertz CT molecular complexity index is 974. The van der Waals surface area contributed by atoms with Gasteiger partial charge in [0.15, 0.2) is 5.82 Å². The number of hydrogen-bond acceptors (Lipinski definition) is 5. The van der Waals surface area contributed by atoms with E-state index in [1.807, 2.05) is 0 Å². The third-order valence-corrected chi connectivity index (χ3v) is 4.70. The maximum absolute atomic E-state index is 13.9. The average Bonchev–Trinajstić information content (AvgIpc) is 2.99. The molecule has 27 heavy (non-hydrogen) atoms. The monoisotopic (exact) mass is 393 g/mol. The van der Waals surface area contributed by atoms with E-state index in [-0.39, 0.29) is 16.5 Å². The molecule has 1 atom stereocenters. The normalized spacial score (nSPS) is 12.0. The van der Waals surface area contributed by atoms with Crippen LogP contribution in [0.3, 0.4) is 0 Å². The van der Waals surface area contributed by atoms with Crippen LogP contribution in [0.2, 0.25) is 0 Å². The van der Waals surface area contributed by atoms with Gasteiger partial charge in [0, 0.05) is 0 Å². The number of thioether (sulfide) groups is 1. The van der Waals surface area contributed by atoms with Gasteiger partial charge in [-0.15, -0.1) is 10.2 Å². The van der Waals surface area contributed by atoms with Crippen molar-refractivity contribution in [1.29, 1.82) is 0 Å². The number of halogens is 3. The molecule has 2 aromatic carbocycles. The Kier molecular flexibility index (Phi) is 5.36. The second-order valence-corrected chi connectivity index (χ2v) is 6.81. The molecule has 6 nitrogen and oxygen atoms in total. The van der Waals surface area contributed by atoms with Crippen LogP contribution in [0, 0.1) is 17.5 Å². The summed E-state index contributed by atoms with van der Waals surface area (Å²) in [7, 11) is 0. The second-order valence-electron chi connectivity index (χ2n) is 5.50. The first-order valence-electron chi connectivity index (χ1n) is 7.75. The fourth-order valence-corrected chi connectivity index (χ4v) is 3.01. The molecule has 0 aliphatic heterocycles. The number of nitrogens with two attached hydrogens (primary N) is 1. The van der Waals surface area contributed by atoms with E-state index in [1.165, 1.54) is 31.2 Å². The Morgan fingerprint density at radius 3 is 2.37 bits per heavy atom. The van der Waals surface area contributed by atoms with Crippen LogP contribution in [0.5, 0.6) is 0 Å². The van der Waals surface area contributed by atoms with E-state index in [2.05, 4.69) is 15.5 Å². The van der Waals surface area contributed by atoms with Gasteiger partial charge in [-0.25, -0.2) is 17.8 Å². The summed E-state index contributed by atoms with van der Waals surface area (Å²) in [5, 5.41) is 9.24. The lowest BCUT2D eigenvalue weighted by Crippen LogP contribution is -2.24. The third kappa shape index (κ3) is 3.90. The topological polar surface area (TPSA) is 85.8 Å².